The summed E-state index contributed by atoms with van der Waals surface area (Å²) in [7, 11) is 0. The van der Waals surface area contributed by atoms with Crippen molar-refractivity contribution in [1.29, 1.82) is 0 Å². The number of piperidine rings is 1. The number of thiazole rings is 1. The van der Waals surface area contributed by atoms with Crippen LogP contribution in [-0.2, 0) is 0 Å². The number of hydrogen-bond donors (Lipinski definition) is 1. The smallest absolute Gasteiger partial charge is 0.0964 e. The summed E-state index contributed by atoms with van der Waals surface area (Å²) in [5.41, 5.74) is 2.32. The second-order valence-corrected chi connectivity index (χ2v) is 6.41. The Morgan fingerprint density at radius 3 is 2.53 bits per heavy atom. The molecule has 0 bridgehead atoms. The van der Waals surface area contributed by atoms with Gasteiger partial charge >= 0.3 is 0 Å². The maximum Gasteiger partial charge on any atom is 0.0964 e. The summed E-state index contributed by atoms with van der Waals surface area (Å²) in [6.07, 6.45) is 2.43. The summed E-state index contributed by atoms with van der Waals surface area (Å²) >= 11 is 5.27. The molecule has 2 heterocycles. The Hall–Kier alpha value is -0.420. The van der Waals surface area contributed by atoms with Crippen molar-refractivity contribution in [2.24, 2.45) is 0 Å². The monoisotopic (exact) mass is 358 g/mol. The van der Waals surface area contributed by atoms with Gasteiger partial charge in [0.2, 0.25) is 0 Å². The molecule has 3 rings (SSSR count). The molecule has 102 valence electrons. The van der Waals surface area contributed by atoms with Crippen LogP contribution in [0, 0.1) is 0 Å². The van der Waals surface area contributed by atoms with E-state index in [1.165, 1.54) is 23.4 Å². The third-order valence-corrected chi connectivity index (χ3v) is 4.89. The van der Waals surface area contributed by atoms with Gasteiger partial charge in [-0.3, -0.25) is 0 Å². The van der Waals surface area contributed by atoms with Gasteiger partial charge in [0.15, 0.2) is 0 Å². The van der Waals surface area contributed by atoms with E-state index in [1.807, 2.05) is 0 Å². The molecule has 0 amide bonds. The molecular formula is C14H16BrClN2S. The van der Waals surface area contributed by atoms with Gasteiger partial charge in [-0.1, -0.05) is 28.1 Å². The molecule has 1 N–H and O–H groups in total. The van der Waals surface area contributed by atoms with Crippen LogP contribution in [0.25, 0.3) is 11.3 Å². The second-order valence-electron chi connectivity index (χ2n) is 4.60. The van der Waals surface area contributed by atoms with Gasteiger partial charge in [-0.05, 0) is 38.1 Å². The number of nitrogens with zero attached hydrogens (tertiary/aromatic N) is 1. The Kier molecular flexibility index (Phi) is 5.39. The summed E-state index contributed by atoms with van der Waals surface area (Å²) in [5, 5.41) is 6.88. The van der Waals surface area contributed by atoms with Gasteiger partial charge in [0.1, 0.15) is 0 Å². The van der Waals surface area contributed by atoms with Gasteiger partial charge in [0, 0.05) is 21.3 Å². The summed E-state index contributed by atoms with van der Waals surface area (Å²) in [5.74, 6) is 0.653. The fraction of sp³-hybridized carbons (Fsp3) is 0.357. The van der Waals surface area contributed by atoms with E-state index >= 15 is 0 Å². The summed E-state index contributed by atoms with van der Waals surface area (Å²) in [6, 6.07) is 8.37. The fourth-order valence-electron chi connectivity index (χ4n) is 2.30. The minimum atomic E-state index is 0. The molecule has 0 radical (unpaired) electrons. The van der Waals surface area contributed by atoms with E-state index in [0.717, 1.165) is 23.3 Å². The highest BCUT2D eigenvalue weighted by atomic mass is 79.9. The van der Waals surface area contributed by atoms with Crippen molar-refractivity contribution in [2.45, 2.75) is 18.8 Å². The first-order valence-electron chi connectivity index (χ1n) is 6.25. The van der Waals surface area contributed by atoms with E-state index in [9.17, 15) is 0 Å². The van der Waals surface area contributed by atoms with Crippen molar-refractivity contribution in [3.8, 4) is 11.3 Å². The average Bonchev–Trinajstić information content (AvgIpc) is 2.90. The van der Waals surface area contributed by atoms with Gasteiger partial charge in [0.05, 0.1) is 10.7 Å². The molecule has 1 aromatic carbocycles. The van der Waals surface area contributed by atoms with Crippen molar-refractivity contribution in [1.82, 2.24) is 10.3 Å². The van der Waals surface area contributed by atoms with Crippen LogP contribution < -0.4 is 5.32 Å². The quantitative estimate of drug-likeness (QED) is 0.856. The molecular weight excluding hydrogens is 344 g/mol. The first kappa shape index (κ1) is 15.0. The summed E-state index contributed by atoms with van der Waals surface area (Å²) in [4.78, 5) is 4.81. The maximum atomic E-state index is 4.81. The SMILES string of the molecule is Brc1ccc(-c2csc(C3CCNCC3)n2)cc1.Cl. The van der Waals surface area contributed by atoms with E-state index in [-0.39, 0.29) is 12.4 Å². The van der Waals surface area contributed by atoms with Crippen LogP contribution in [0.4, 0.5) is 0 Å². The van der Waals surface area contributed by atoms with Crippen molar-refractivity contribution in [3.05, 3.63) is 39.1 Å². The average molecular weight is 360 g/mol. The van der Waals surface area contributed by atoms with E-state index in [4.69, 9.17) is 4.98 Å². The first-order valence-corrected chi connectivity index (χ1v) is 7.92. The van der Waals surface area contributed by atoms with E-state index in [2.05, 4.69) is 50.9 Å². The highest BCUT2D eigenvalue weighted by Crippen LogP contribution is 2.31. The molecule has 19 heavy (non-hydrogen) atoms. The number of nitrogens with one attached hydrogen (secondary N) is 1. The lowest BCUT2D eigenvalue weighted by atomic mass is 9.99. The van der Waals surface area contributed by atoms with Gasteiger partial charge in [0.25, 0.3) is 0 Å². The van der Waals surface area contributed by atoms with Crippen molar-refractivity contribution >= 4 is 39.7 Å². The number of rotatable bonds is 2. The van der Waals surface area contributed by atoms with Crippen molar-refractivity contribution < 1.29 is 0 Å². The largest absolute Gasteiger partial charge is 0.317 e. The fourth-order valence-corrected chi connectivity index (χ4v) is 3.56. The summed E-state index contributed by atoms with van der Waals surface area (Å²) in [6.45, 7) is 2.25. The molecule has 1 aliphatic rings. The molecule has 1 aromatic heterocycles. The second kappa shape index (κ2) is 6.84. The molecule has 0 spiro atoms. The normalized spacial score (nSPS) is 16.1. The molecule has 2 aromatic rings. The molecule has 1 fully saturated rings. The van der Waals surface area contributed by atoms with Crippen LogP contribution in [0.1, 0.15) is 23.8 Å². The number of aromatic nitrogens is 1. The van der Waals surface area contributed by atoms with Gasteiger partial charge in [-0.25, -0.2) is 4.98 Å². The Bertz CT molecular complexity index is 520. The van der Waals surface area contributed by atoms with Gasteiger partial charge in [-0.2, -0.15) is 0 Å². The number of halogens is 2. The lowest BCUT2D eigenvalue weighted by molar-refractivity contribution is 0.459. The Balaban J connectivity index is 0.00000133. The Morgan fingerprint density at radius 2 is 1.84 bits per heavy atom. The molecule has 0 saturated carbocycles. The lowest BCUT2D eigenvalue weighted by Crippen LogP contribution is -2.26. The van der Waals surface area contributed by atoms with Crippen molar-refractivity contribution in [2.75, 3.05) is 13.1 Å². The zero-order chi connectivity index (χ0) is 12.4. The van der Waals surface area contributed by atoms with E-state index in [0.29, 0.717) is 5.92 Å². The topological polar surface area (TPSA) is 24.9 Å². The Labute approximate surface area is 132 Å². The predicted octanol–water partition coefficient (Wildman–Crippen LogP) is 4.46. The third-order valence-electron chi connectivity index (χ3n) is 3.35. The third kappa shape index (κ3) is 3.57. The van der Waals surface area contributed by atoms with Gasteiger partial charge in [-0.15, -0.1) is 23.7 Å². The zero-order valence-electron chi connectivity index (χ0n) is 10.4. The van der Waals surface area contributed by atoms with Crippen LogP contribution in [-0.4, -0.2) is 18.1 Å². The lowest BCUT2D eigenvalue weighted by Gasteiger charge is -2.20. The maximum absolute atomic E-state index is 4.81. The van der Waals surface area contributed by atoms with Crippen LogP contribution in [0.2, 0.25) is 0 Å². The molecule has 0 atom stereocenters. The minimum Gasteiger partial charge on any atom is -0.317 e. The standard InChI is InChI=1S/C14H15BrN2S.ClH/c15-12-3-1-10(2-4-12)13-9-18-14(17-13)11-5-7-16-8-6-11;/h1-4,9,11,16H,5-8H2;1H. The van der Waals surface area contributed by atoms with E-state index in [1.54, 1.807) is 11.3 Å². The van der Waals surface area contributed by atoms with Gasteiger partial charge < -0.3 is 5.32 Å². The molecule has 2 nitrogen and oxygen atoms in total. The van der Waals surface area contributed by atoms with Crippen LogP contribution in [0.3, 0.4) is 0 Å². The highest BCUT2D eigenvalue weighted by molar-refractivity contribution is 9.10. The molecule has 1 saturated heterocycles. The molecule has 5 heteroatoms. The van der Waals surface area contributed by atoms with Crippen LogP contribution >= 0.6 is 39.7 Å². The minimum absolute atomic E-state index is 0. The highest BCUT2D eigenvalue weighted by Gasteiger charge is 2.18. The van der Waals surface area contributed by atoms with Crippen molar-refractivity contribution in [3.63, 3.8) is 0 Å². The first-order chi connectivity index (χ1) is 8.83. The Morgan fingerprint density at radius 1 is 1.16 bits per heavy atom. The van der Waals surface area contributed by atoms with E-state index < -0.39 is 0 Å². The number of benzene rings is 1. The molecule has 1 aliphatic heterocycles. The summed E-state index contributed by atoms with van der Waals surface area (Å²) < 4.78 is 1.11. The zero-order valence-corrected chi connectivity index (χ0v) is 13.7. The van der Waals surface area contributed by atoms with Crippen LogP contribution in [0.5, 0.6) is 0 Å². The number of hydrogen-bond acceptors (Lipinski definition) is 3. The van der Waals surface area contributed by atoms with Crippen LogP contribution in [0.15, 0.2) is 34.1 Å². The molecule has 0 aliphatic carbocycles. The predicted molar refractivity (Wildman–Crippen MR) is 87.3 cm³/mol. The molecule has 0 unspecified atom stereocenters.